The highest BCUT2D eigenvalue weighted by atomic mass is 16.5. The van der Waals surface area contributed by atoms with Gasteiger partial charge in [-0.3, -0.25) is 4.99 Å². The Morgan fingerprint density at radius 1 is 1.29 bits per heavy atom. The van der Waals surface area contributed by atoms with E-state index in [1.807, 2.05) is 31.2 Å². The molecule has 0 unspecified atom stereocenters. The maximum atomic E-state index is 5.28. The molecular formula is C12H13NO. The maximum Gasteiger partial charge on any atom is 0.128 e. The molecule has 0 fully saturated rings. The molecule has 0 aliphatic carbocycles. The predicted molar refractivity (Wildman–Crippen MR) is 58.7 cm³/mol. The van der Waals surface area contributed by atoms with Crippen molar-refractivity contribution in [1.82, 2.24) is 0 Å². The van der Waals surface area contributed by atoms with Crippen LogP contribution in [0.1, 0.15) is 18.9 Å². The molecule has 2 rings (SSSR count). The van der Waals surface area contributed by atoms with Crippen molar-refractivity contribution in [2.75, 3.05) is 7.11 Å². The summed E-state index contributed by atoms with van der Waals surface area (Å²) in [6, 6.07) is 7.96. The van der Waals surface area contributed by atoms with Crippen molar-refractivity contribution in [3.63, 3.8) is 0 Å². The van der Waals surface area contributed by atoms with Crippen LogP contribution in [0.25, 0.3) is 5.70 Å². The lowest BCUT2D eigenvalue weighted by molar-refractivity contribution is 0.413. The summed E-state index contributed by atoms with van der Waals surface area (Å²) in [5, 5.41) is 0. The number of allylic oxidation sites excluding steroid dienone is 1. The van der Waals surface area contributed by atoms with Gasteiger partial charge in [0.05, 0.1) is 12.8 Å². The average molecular weight is 187 g/mol. The third-order valence-electron chi connectivity index (χ3n) is 2.29. The van der Waals surface area contributed by atoms with Crippen molar-refractivity contribution < 1.29 is 4.74 Å². The van der Waals surface area contributed by atoms with Crippen LogP contribution in [-0.4, -0.2) is 12.8 Å². The Balaban J connectivity index is 2.41. The van der Waals surface area contributed by atoms with Crippen LogP contribution < -0.4 is 4.74 Å². The number of methoxy groups -OCH3 is 1. The lowest BCUT2D eigenvalue weighted by atomic mass is 10.1. The Kier molecular flexibility index (Phi) is 2.35. The minimum absolute atomic E-state index is 0.886. The Hall–Kier alpha value is -1.57. The molecule has 1 aromatic rings. The second-order valence-electron chi connectivity index (χ2n) is 3.34. The van der Waals surface area contributed by atoms with E-state index >= 15 is 0 Å². The summed E-state index contributed by atoms with van der Waals surface area (Å²) < 4.78 is 5.28. The highest BCUT2D eigenvalue weighted by Crippen LogP contribution is 2.29. The van der Waals surface area contributed by atoms with Gasteiger partial charge in [0.15, 0.2) is 0 Å². The number of hydrogen-bond acceptors (Lipinski definition) is 2. The highest BCUT2D eigenvalue weighted by molar-refractivity contribution is 5.94. The summed E-state index contributed by atoms with van der Waals surface area (Å²) in [7, 11) is 1.69. The van der Waals surface area contributed by atoms with Crippen molar-refractivity contribution in [1.29, 1.82) is 0 Å². The van der Waals surface area contributed by atoms with Gasteiger partial charge >= 0.3 is 0 Å². The second-order valence-corrected chi connectivity index (χ2v) is 3.34. The van der Waals surface area contributed by atoms with Crippen molar-refractivity contribution in [3.05, 3.63) is 35.9 Å². The van der Waals surface area contributed by atoms with Gasteiger partial charge in [-0.1, -0.05) is 18.2 Å². The van der Waals surface area contributed by atoms with Gasteiger partial charge in [-0.2, -0.15) is 0 Å². The summed E-state index contributed by atoms with van der Waals surface area (Å²) in [4.78, 5) is 4.47. The molecule has 1 heterocycles. The number of nitrogens with zero attached hydrogens (tertiary/aromatic N) is 1. The molecule has 2 heteroatoms. The van der Waals surface area contributed by atoms with Gasteiger partial charge in [-0.25, -0.2) is 0 Å². The minimum Gasteiger partial charge on any atom is -0.496 e. The third kappa shape index (κ3) is 1.55. The molecule has 1 aliphatic rings. The zero-order valence-corrected chi connectivity index (χ0v) is 8.45. The lowest BCUT2D eigenvalue weighted by Crippen LogP contribution is -1.88. The summed E-state index contributed by atoms with van der Waals surface area (Å²) in [5.74, 6) is 0.886. The molecule has 0 spiro atoms. The van der Waals surface area contributed by atoms with Crippen molar-refractivity contribution in [2.24, 2.45) is 4.99 Å². The van der Waals surface area contributed by atoms with Crippen LogP contribution in [0.2, 0.25) is 0 Å². The Bertz CT molecular complexity index is 405. The molecule has 0 amide bonds. The van der Waals surface area contributed by atoms with Gasteiger partial charge in [0.25, 0.3) is 0 Å². The summed E-state index contributed by atoms with van der Waals surface area (Å²) in [6.45, 7) is 2.04. The van der Waals surface area contributed by atoms with Crippen molar-refractivity contribution in [3.8, 4) is 5.75 Å². The van der Waals surface area contributed by atoms with Crippen LogP contribution in [0.4, 0.5) is 0 Å². The smallest absolute Gasteiger partial charge is 0.128 e. The third-order valence-corrected chi connectivity index (χ3v) is 2.29. The molecule has 72 valence electrons. The SMILES string of the molecule is COc1ccccc1C1=CCC(C)=N1. The molecule has 14 heavy (non-hydrogen) atoms. The quantitative estimate of drug-likeness (QED) is 0.697. The van der Waals surface area contributed by atoms with E-state index in [0.717, 1.165) is 29.1 Å². The fourth-order valence-corrected chi connectivity index (χ4v) is 1.57. The van der Waals surface area contributed by atoms with E-state index < -0.39 is 0 Å². The minimum atomic E-state index is 0.886. The van der Waals surface area contributed by atoms with E-state index in [1.54, 1.807) is 7.11 Å². The van der Waals surface area contributed by atoms with Gasteiger partial charge < -0.3 is 4.74 Å². The first-order valence-electron chi connectivity index (χ1n) is 4.69. The molecule has 1 aromatic carbocycles. The van der Waals surface area contributed by atoms with E-state index in [2.05, 4.69) is 11.1 Å². The first-order valence-corrected chi connectivity index (χ1v) is 4.69. The summed E-state index contributed by atoms with van der Waals surface area (Å²) >= 11 is 0. The Morgan fingerprint density at radius 2 is 2.07 bits per heavy atom. The van der Waals surface area contributed by atoms with Crippen LogP contribution in [0, 0.1) is 0 Å². The van der Waals surface area contributed by atoms with E-state index in [1.165, 1.54) is 0 Å². The van der Waals surface area contributed by atoms with E-state index in [0.29, 0.717) is 0 Å². The molecular weight excluding hydrogens is 174 g/mol. The van der Waals surface area contributed by atoms with Crippen molar-refractivity contribution >= 4 is 11.4 Å². The molecule has 0 bridgehead atoms. The highest BCUT2D eigenvalue weighted by Gasteiger charge is 2.10. The van der Waals surface area contributed by atoms with Crippen LogP contribution >= 0.6 is 0 Å². The predicted octanol–water partition coefficient (Wildman–Crippen LogP) is 2.90. The molecule has 0 atom stereocenters. The topological polar surface area (TPSA) is 21.6 Å². The van der Waals surface area contributed by atoms with Crippen LogP contribution in [0.5, 0.6) is 5.75 Å². The standard InChI is InChI=1S/C12H13NO/c1-9-7-8-11(13-9)10-5-3-4-6-12(10)14-2/h3-6,8H,7H2,1-2H3. The summed E-state index contributed by atoms with van der Waals surface area (Å²) in [5.41, 5.74) is 3.26. The molecule has 2 nitrogen and oxygen atoms in total. The molecule has 1 aliphatic heterocycles. The van der Waals surface area contributed by atoms with Gasteiger partial charge in [0.1, 0.15) is 5.75 Å². The molecule has 0 radical (unpaired) electrons. The molecule has 0 aromatic heterocycles. The van der Waals surface area contributed by atoms with Crippen molar-refractivity contribution in [2.45, 2.75) is 13.3 Å². The van der Waals surface area contributed by atoms with Gasteiger partial charge in [0.2, 0.25) is 0 Å². The Morgan fingerprint density at radius 3 is 2.71 bits per heavy atom. The number of rotatable bonds is 2. The zero-order chi connectivity index (χ0) is 9.97. The van der Waals surface area contributed by atoms with Gasteiger partial charge in [-0.15, -0.1) is 0 Å². The molecule has 0 N–H and O–H groups in total. The lowest BCUT2D eigenvalue weighted by Gasteiger charge is -2.06. The van der Waals surface area contributed by atoms with Crippen LogP contribution in [-0.2, 0) is 0 Å². The van der Waals surface area contributed by atoms with Crippen LogP contribution in [0.15, 0.2) is 35.3 Å². The number of ether oxygens (including phenoxy) is 1. The van der Waals surface area contributed by atoms with Gasteiger partial charge in [-0.05, 0) is 19.1 Å². The Labute approximate surface area is 83.9 Å². The largest absolute Gasteiger partial charge is 0.496 e. The molecule has 0 saturated carbocycles. The fourth-order valence-electron chi connectivity index (χ4n) is 1.57. The monoisotopic (exact) mass is 187 g/mol. The zero-order valence-electron chi connectivity index (χ0n) is 8.45. The fraction of sp³-hybridized carbons (Fsp3) is 0.250. The summed E-state index contributed by atoms with van der Waals surface area (Å²) in [6.07, 6.45) is 3.08. The number of aliphatic imine (C=N–C) groups is 1. The number of hydrogen-bond donors (Lipinski definition) is 0. The first kappa shape index (κ1) is 9.00. The molecule has 0 saturated heterocycles. The second kappa shape index (κ2) is 3.66. The maximum absolute atomic E-state index is 5.28. The number of benzene rings is 1. The van der Waals surface area contributed by atoms with E-state index in [-0.39, 0.29) is 0 Å². The van der Waals surface area contributed by atoms with Crippen LogP contribution in [0.3, 0.4) is 0 Å². The number of para-hydroxylation sites is 1. The first-order chi connectivity index (χ1) is 6.81. The van der Waals surface area contributed by atoms with E-state index in [4.69, 9.17) is 4.74 Å². The normalized spacial score (nSPS) is 15.0. The van der Waals surface area contributed by atoms with E-state index in [9.17, 15) is 0 Å². The van der Waals surface area contributed by atoms with Gasteiger partial charge in [0, 0.05) is 17.7 Å². The average Bonchev–Trinajstić information content (AvgIpc) is 2.65.